The lowest BCUT2D eigenvalue weighted by Crippen LogP contribution is -2.32. The van der Waals surface area contributed by atoms with Crippen LogP contribution in [-0.2, 0) is 0 Å². The van der Waals surface area contributed by atoms with E-state index in [1.165, 1.54) is 5.56 Å². The summed E-state index contributed by atoms with van der Waals surface area (Å²) >= 11 is 6.01. The van der Waals surface area contributed by atoms with Gasteiger partial charge < -0.3 is 5.32 Å². The molecule has 1 N–H and O–H groups in total. The summed E-state index contributed by atoms with van der Waals surface area (Å²) < 4.78 is 0. The maximum atomic E-state index is 13.0. The molecular formula is C21H17ClN2O. The Labute approximate surface area is 151 Å². The van der Waals surface area contributed by atoms with Gasteiger partial charge in [0.15, 0.2) is 0 Å². The molecule has 0 spiro atoms. The van der Waals surface area contributed by atoms with Crippen molar-refractivity contribution in [1.29, 1.82) is 0 Å². The van der Waals surface area contributed by atoms with E-state index in [0.717, 1.165) is 22.5 Å². The van der Waals surface area contributed by atoms with Crippen LogP contribution in [-0.4, -0.2) is 5.91 Å². The number of benzene rings is 3. The fourth-order valence-corrected chi connectivity index (χ4v) is 3.26. The Hall–Kier alpha value is -2.78. The third kappa shape index (κ3) is 2.87. The molecule has 124 valence electrons. The molecule has 0 aliphatic carbocycles. The Kier molecular flexibility index (Phi) is 3.94. The Bertz CT molecular complexity index is 919. The fraction of sp³-hybridized carbons (Fsp3) is 0.0952. The van der Waals surface area contributed by atoms with Gasteiger partial charge in [0.1, 0.15) is 6.17 Å². The summed E-state index contributed by atoms with van der Waals surface area (Å²) in [6.45, 7) is 2.05. The summed E-state index contributed by atoms with van der Waals surface area (Å²) in [5.74, 6) is -0.0115. The molecule has 1 aliphatic heterocycles. The lowest BCUT2D eigenvalue weighted by atomic mass is 10.1. The first-order chi connectivity index (χ1) is 12.1. The third-order valence-electron chi connectivity index (χ3n) is 4.42. The van der Waals surface area contributed by atoms with E-state index in [0.29, 0.717) is 5.02 Å². The average Bonchev–Trinajstić information content (AvgIpc) is 2.90. The van der Waals surface area contributed by atoms with E-state index >= 15 is 0 Å². The number of hydrogen-bond acceptors (Lipinski definition) is 2. The highest BCUT2D eigenvalue weighted by Gasteiger charge is 2.37. The maximum absolute atomic E-state index is 13.0. The van der Waals surface area contributed by atoms with Crippen LogP contribution < -0.4 is 10.2 Å². The number of fused-ring (bicyclic) bond motifs is 1. The van der Waals surface area contributed by atoms with E-state index in [9.17, 15) is 4.79 Å². The molecule has 0 fully saturated rings. The van der Waals surface area contributed by atoms with Crippen molar-refractivity contribution >= 4 is 28.9 Å². The smallest absolute Gasteiger partial charge is 0.260 e. The largest absolute Gasteiger partial charge is 0.361 e. The normalized spacial score (nSPS) is 16.0. The fourth-order valence-electron chi connectivity index (χ4n) is 3.13. The first kappa shape index (κ1) is 15.7. The molecule has 4 rings (SSSR count). The zero-order valence-corrected chi connectivity index (χ0v) is 14.5. The number of nitrogens with one attached hydrogen (secondary N) is 1. The van der Waals surface area contributed by atoms with Crippen molar-refractivity contribution in [2.45, 2.75) is 13.1 Å². The second kappa shape index (κ2) is 6.26. The van der Waals surface area contributed by atoms with Crippen molar-refractivity contribution in [2.24, 2.45) is 0 Å². The molecule has 1 heterocycles. The lowest BCUT2D eigenvalue weighted by molar-refractivity contribution is 0.0993. The van der Waals surface area contributed by atoms with Crippen molar-refractivity contribution in [3.05, 3.63) is 94.5 Å². The first-order valence-corrected chi connectivity index (χ1v) is 8.52. The van der Waals surface area contributed by atoms with Crippen LogP contribution in [0.2, 0.25) is 5.02 Å². The summed E-state index contributed by atoms with van der Waals surface area (Å²) in [6, 6.07) is 23.2. The van der Waals surface area contributed by atoms with Crippen LogP contribution in [0.4, 0.5) is 11.4 Å². The van der Waals surface area contributed by atoms with Crippen molar-refractivity contribution < 1.29 is 4.79 Å². The number of hydrogen-bond donors (Lipinski definition) is 1. The molecule has 3 nitrogen and oxygen atoms in total. The number of nitrogens with zero attached hydrogens (tertiary/aromatic N) is 1. The van der Waals surface area contributed by atoms with Crippen LogP contribution in [0, 0.1) is 6.92 Å². The number of anilines is 2. The van der Waals surface area contributed by atoms with E-state index in [1.807, 2.05) is 48.5 Å². The molecule has 25 heavy (non-hydrogen) atoms. The predicted molar refractivity (Wildman–Crippen MR) is 102 cm³/mol. The molecule has 1 aliphatic rings. The van der Waals surface area contributed by atoms with Gasteiger partial charge in [-0.25, -0.2) is 0 Å². The molecule has 0 radical (unpaired) electrons. The zero-order valence-electron chi connectivity index (χ0n) is 13.7. The molecule has 1 atom stereocenters. The van der Waals surface area contributed by atoms with Crippen molar-refractivity contribution in [3.63, 3.8) is 0 Å². The number of carbonyl (C=O) groups is 1. The van der Waals surface area contributed by atoms with Crippen LogP contribution in [0.25, 0.3) is 0 Å². The Morgan fingerprint density at radius 2 is 1.60 bits per heavy atom. The zero-order chi connectivity index (χ0) is 17.4. The van der Waals surface area contributed by atoms with Gasteiger partial charge in [0.2, 0.25) is 0 Å². The van der Waals surface area contributed by atoms with Gasteiger partial charge >= 0.3 is 0 Å². The summed E-state index contributed by atoms with van der Waals surface area (Å²) in [4.78, 5) is 14.8. The molecular weight excluding hydrogens is 332 g/mol. The molecule has 0 saturated carbocycles. The predicted octanol–water partition coefficient (Wildman–Crippen LogP) is 5.42. The highest BCUT2D eigenvalue weighted by atomic mass is 35.5. The van der Waals surface area contributed by atoms with Gasteiger partial charge in [-0.15, -0.1) is 0 Å². The second-order valence-corrected chi connectivity index (χ2v) is 6.59. The molecule has 3 aromatic carbocycles. The van der Waals surface area contributed by atoms with Crippen molar-refractivity contribution in [2.75, 3.05) is 10.2 Å². The molecule has 4 heteroatoms. The van der Waals surface area contributed by atoms with Crippen LogP contribution in [0.15, 0.2) is 72.8 Å². The van der Waals surface area contributed by atoms with E-state index < -0.39 is 0 Å². The summed E-state index contributed by atoms with van der Waals surface area (Å²) in [7, 11) is 0. The van der Waals surface area contributed by atoms with Gasteiger partial charge in [-0.1, -0.05) is 47.5 Å². The molecule has 0 saturated heterocycles. The topological polar surface area (TPSA) is 32.3 Å². The van der Waals surface area contributed by atoms with Gasteiger partial charge in [-0.2, -0.15) is 0 Å². The van der Waals surface area contributed by atoms with Crippen LogP contribution in [0.5, 0.6) is 0 Å². The van der Waals surface area contributed by atoms with Crippen LogP contribution in [0.3, 0.4) is 0 Å². The van der Waals surface area contributed by atoms with Crippen molar-refractivity contribution in [3.8, 4) is 0 Å². The monoisotopic (exact) mass is 348 g/mol. The van der Waals surface area contributed by atoms with Crippen molar-refractivity contribution in [1.82, 2.24) is 0 Å². The highest BCUT2D eigenvalue weighted by Crippen LogP contribution is 2.38. The van der Waals surface area contributed by atoms with Gasteiger partial charge in [-0.3, -0.25) is 9.69 Å². The lowest BCUT2D eigenvalue weighted by Gasteiger charge is -2.27. The molecule has 0 unspecified atom stereocenters. The van der Waals surface area contributed by atoms with Gasteiger partial charge in [0.25, 0.3) is 5.91 Å². The van der Waals surface area contributed by atoms with E-state index in [4.69, 9.17) is 11.6 Å². The average molecular weight is 349 g/mol. The SMILES string of the molecule is Cc1ccc(N[C@@H]2c3ccccc3C(=O)N2c2ccc(Cl)cc2)cc1. The van der Waals surface area contributed by atoms with Gasteiger partial charge in [-0.05, 0) is 49.4 Å². The summed E-state index contributed by atoms with van der Waals surface area (Å²) in [6.07, 6.45) is -0.257. The van der Waals surface area contributed by atoms with E-state index in [1.54, 1.807) is 17.0 Å². The van der Waals surface area contributed by atoms with Gasteiger partial charge in [0, 0.05) is 27.5 Å². The number of rotatable bonds is 3. The molecule has 0 aromatic heterocycles. The Morgan fingerprint density at radius 3 is 2.32 bits per heavy atom. The standard InChI is InChI=1S/C21H17ClN2O/c1-14-6-10-16(11-7-14)23-20-18-4-2-3-5-19(18)21(25)24(20)17-12-8-15(22)9-13-17/h2-13,20,23H,1H3/t20-/m0/s1. The number of aryl methyl sites for hydroxylation is 1. The number of carbonyl (C=O) groups excluding carboxylic acids is 1. The molecule has 1 amide bonds. The Morgan fingerprint density at radius 1 is 0.920 bits per heavy atom. The number of amides is 1. The molecule has 3 aromatic rings. The van der Waals surface area contributed by atoms with Crippen LogP contribution in [0.1, 0.15) is 27.7 Å². The summed E-state index contributed by atoms with van der Waals surface area (Å²) in [5, 5.41) is 4.14. The first-order valence-electron chi connectivity index (χ1n) is 8.15. The quantitative estimate of drug-likeness (QED) is 0.685. The van der Waals surface area contributed by atoms with E-state index in [2.05, 4.69) is 24.4 Å². The van der Waals surface area contributed by atoms with Crippen LogP contribution >= 0.6 is 11.6 Å². The third-order valence-corrected chi connectivity index (χ3v) is 4.67. The highest BCUT2D eigenvalue weighted by molar-refractivity contribution is 6.30. The maximum Gasteiger partial charge on any atom is 0.260 e. The minimum atomic E-state index is -0.257. The second-order valence-electron chi connectivity index (χ2n) is 6.15. The minimum Gasteiger partial charge on any atom is -0.361 e. The van der Waals surface area contributed by atoms with Gasteiger partial charge in [0.05, 0.1) is 0 Å². The van der Waals surface area contributed by atoms with E-state index in [-0.39, 0.29) is 12.1 Å². The number of halogens is 1. The summed E-state index contributed by atoms with van der Waals surface area (Å²) in [5.41, 5.74) is 4.68. The minimum absolute atomic E-state index is 0.0115. The Balaban J connectivity index is 1.77. The molecule has 0 bridgehead atoms.